The fraction of sp³-hybridized carbons (Fsp3) is 0.692. The Morgan fingerprint density at radius 1 is 1.39 bits per heavy atom. The predicted octanol–water partition coefficient (Wildman–Crippen LogP) is 1.26. The summed E-state index contributed by atoms with van der Waals surface area (Å²) in [5.74, 6) is 2.71. The van der Waals surface area contributed by atoms with Crippen molar-refractivity contribution >= 4 is 11.6 Å². The maximum Gasteiger partial charge on any atom is 0.134 e. The minimum atomic E-state index is 0.259. The van der Waals surface area contributed by atoms with Gasteiger partial charge in [-0.3, -0.25) is 0 Å². The standard InChI is InChI=1S/C13H23N5/c1-10-16-11(14-4)7-12(17-10)18-6-5-15-8-13(2,3)9-18/h7,15H,5-6,8-9H2,1-4H3,(H,14,16,17). The first-order valence-electron chi connectivity index (χ1n) is 6.49. The molecule has 18 heavy (non-hydrogen) atoms. The molecule has 0 saturated carbocycles. The van der Waals surface area contributed by atoms with Crippen molar-refractivity contribution in [2.75, 3.05) is 43.4 Å². The smallest absolute Gasteiger partial charge is 0.134 e. The summed E-state index contributed by atoms with van der Waals surface area (Å²) in [6.07, 6.45) is 0. The summed E-state index contributed by atoms with van der Waals surface area (Å²) in [4.78, 5) is 11.2. The van der Waals surface area contributed by atoms with Crippen LogP contribution in [0.3, 0.4) is 0 Å². The van der Waals surface area contributed by atoms with Gasteiger partial charge < -0.3 is 15.5 Å². The van der Waals surface area contributed by atoms with Crippen molar-refractivity contribution in [3.05, 3.63) is 11.9 Å². The average molecular weight is 249 g/mol. The number of rotatable bonds is 2. The molecule has 0 bridgehead atoms. The van der Waals surface area contributed by atoms with E-state index in [4.69, 9.17) is 0 Å². The molecule has 0 aromatic carbocycles. The van der Waals surface area contributed by atoms with E-state index in [1.807, 2.05) is 20.0 Å². The molecule has 2 rings (SSSR count). The van der Waals surface area contributed by atoms with Crippen LogP contribution in [0.15, 0.2) is 6.07 Å². The molecule has 0 atom stereocenters. The van der Waals surface area contributed by atoms with Crippen LogP contribution in [0.25, 0.3) is 0 Å². The molecule has 0 spiro atoms. The lowest BCUT2D eigenvalue weighted by atomic mass is 9.93. The van der Waals surface area contributed by atoms with Crippen molar-refractivity contribution in [3.8, 4) is 0 Å². The Labute approximate surface area is 109 Å². The second-order valence-electron chi connectivity index (χ2n) is 5.67. The Morgan fingerprint density at radius 2 is 2.17 bits per heavy atom. The lowest BCUT2D eigenvalue weighted by molar-refractivity contribution is 0.370. The number of anilines is 2. The topological polar surface area (TPSA) is 53.1 Å². The lowest BCUT2D eigenvalue weighted by Crippen LogP contribution is -2.35. The van der Waals surface area contributed by atoms with E-state index in [0.29, 0.717) is 0 Å². The molecular formula is C13H23N5. The molecule has 0 aliphatic carbocycles. The minimum Gasteiger partial charge on any atom is -0.373 e. The van der Waals surface area contributed by atoms with Gasteiger partial charge in [0.15, 0.2) is 0 Å². The van der Waals surface area contributed by atoms with Crippen LogP contribution >= 0.6 is 0 Å². The van der Waals surface area contributed by atoms with E-state index >= 15 is 0 Å². The van der Waals surface area contributed by atoms with Crippen LogP contribution < -0.4 is 15.5 Å². The summed E-state index contributed by atoms with van der Waals surface area (Å²) in [5, 5.41) is 6.57. The van der Waals surface area contributed by atoms with Crippen LogP contribution in [0.2, 0.25) is 0 Å². The second-order valence-corrected chi connectivity index (χ2v) is 5.67. The summed E-state index contributed by atoms with van der Waals surface area (Å²) >= 11 is 0. The van der Waals surface area contributed by atoms with Crippen molar-refractivity contribution < 1.29 is 0 Å². The van der Waals surface area contributed by atoms with Gasteiger partial charge in [0.25, 0.3) is 0 Å². The van der Waals surface area contributed by atoms with Crippen molar-refractivity contribution in [1.29, 1.82) is 0 Å². The first-order chi connectivity index (χ1) is 8.50. The molecule has 5 heteroatoms. The zero-order valence-electron chi connectivity index (χ0n) is 11.7. The number of hydrogen-bond acceptors (Lipinski definition) is 5. The highest BCUT2D eigenvalue weighted by Gasteiger charge is 2.25. The molecule has 0 unspecified atom stereocenters. The van der Waals surface area contributed by atoms with Crippen LogP contribution in [-0.4, -0.2) is 43.2 Å². The van der Waals surface area contributed by atoms with Gasteiger partial charge in [-0.15, -0.1) is 0 Å². The number of aromatic nitrogens is 2. The Kier molecular flexibility index (Phi) is 3.71. The van der Waals surface area contributed by atoms with Gasteiger partial charge in [0.1, 0.15) is 17.5 Å². The summed E-state index contributed by atoms with van der Waals surface area (Å²) in [6.45, 7) is 10.6. The number of nitrogens with one attached hydrogen (secondary N) is 2. The number of hydrogen-bond donors (Lipinski definition) is 2. The zero-order valence-corrected chi connectivity index (χ0v) is 11.7. The van der Waals surface area contributed by atoms with Crippen LogP contribution in [0.5, 0.6) is 0 Å². The molecule has 1 fully saturated rings. The van der Waals surface area contributed by atoms with E-state index in [1.165, 1.54) is 0 Å². The molecule has 1 saturated heterocycles. The fourth-order valence-corrected chi connectivity index (χ4v) is 2.33. The molecule has 2 N–H and O–H groups in total. The normalized spacial score (nSPS) is 19.4. The highest BCUT2D eigenvalue weighted by atomic mass is 15.2. The van der Waals surface area contributed by atoms with Gasteiger partial charge in [0, 0.05) is 39.3 Å². The highest BCUT2D eigenvalue weighted by Crippen LogP contribution is 2.23. The molecule has 1 aromatic rings. The number of nitrogens with zero attached hydrogens (tertiary/aromatic N) is 3. The van der Waals surface area contributed by atoms with Gasteiger partial charge >= 0.3 is 0 Å². The van der Waals surface area contributed by atoms with Gasteiger partial charge in [0.2, 0.25) is 0 Å². The summed E-state index contributed by atoms with van der Waals surface area (Å²) < 4.78 is 0. The Hall–Kier alpha value is -1.36. The highest BCUT2D eigenvalue weighted by molar-refractivity contribution is 5.49. The zero-order chi connectivity index (χ0) is 13.2. The molecule has 100 valence electrons. The maximum atomic E-state index is 4.56. The van der Waals surface area contributed by atoms with Gasteiger partial charge in [-0.25, -0.2) is 9.97 Å². The molecule has 0 radical (unpaired) electrons. The molecule has 1 aliphatic heterocycles. The quantitative estimate of drug-likeness (QED) is 0.826. The lowest BCUT2D eigenvalue weighted by Gasteiger charge is -2.30. The van der Waals surface area contributed by atoms with Gasteiger partial charge in [-0.05, 0) is 12.3 Å². The van der Waals surface area contributed by atoms with Crippen molar-refractivity contribution in [1.82, 2.24) is 15.3 Å². The van der Waals surface area contributed by atoms with Gasteiger partial charge in [-0.2, -0.15) is 0 Å². The van der Waals surface area contributed by atoms with E-state index in [1.54, 1.807) is 0 Å². The van der Waals surface area contributed by atoms with Gasteiger partial charge in [-0.1, -0.05) is 13.8 Å². The molecule has 5 nitrogen and oxygen atoms in total. The van der Waals surface area contributed by atoms with E-state index in [2.05, 4.69) is 39.3 Å². The summed E-state index contributed by atoms with van der Waals surface area (Å²) in [6, 6.07) is 2.02. The molecule has 0 amide bonds. The third-order valence-corrected chi connectivity index (χ3v) is 3.19. The Bertz CT molecular complexity index is 416. The predicted molar refractivity (Wildman–Crippen MR) is 75.2 cm³/mol. The first kappa shape index (κ1) is 13.1. The van der Waals surface area contributed by atoms with Crippen LogP contribution in [0.4, 0.5) is 11.6 Å². The summed E-state index contributed by atoms with van der Waals surface area (Å²) in [5.41, 5.74) is 0.259. The monoisotopic (exact) mass is 249 g/mol. The average Bonchev–Trinajstić information content (AvgIpc) is 2.49. The third kappa shape index (κ3) is 3.10. The van der Waals surface area contributed by atoms with Gasteiger partial charge in [0.05, 0.1) is 0 Å². The summed E-state index contributed by atoms with van der Waals surface area (Å²) in [7, 11) is 1.89. The van der Waals surface area contributed by atoms with Crippen molar-refractivity contribution in [2.24, 2.45) is 5.41 Å². The van der Waals surface area contributed by atoms with Crippen molar-refractivity contribution in [3.63, 3.8) is 0 Å². The third-order valence-electron chi connectivity index (χ3n) is 3.19. The molecule has 1 aromatic heterocycles. The Morgan fingerprint density at radius 3 is 2.89 bits per heavy atom. The number of aryl methyl sites for hydroxylation is 1. The van der Waals surface area contributed by atoms with Crippen LogP contribution in [0.1, 0.15) is 19.7 Å². The second kappa shape index (κ2) is 5.10. The largest absolute Gasteiger partial charge is 0.373 e. The first-order valence-corrected chi connectivity index (χ1v) is 6.49. The van der Waals surface area contributed by atoms with E-state index < -0.39 is 0 Å². The fourth-order valence-electron chi connectivity index (χ4n) is 2.33. The molecule has 1 aliphatic rings. The maximum absolute atomic E-state index is 4.56. The molecular weight excluding hydrogens is 226 g/mol. The van der Waals surface area contributed by atoms with Crippen molar-refractivity contribution in [2.45, 2.75) is 20.8 Å². The van der Waals surface area contributed by atoms with E-state index in [-0.39, 0.29) is 5.41 Å². The van der Waals surface area contributed by atoms with Crippen LogP contribution in [0, 0.1) is 12.3 Å². The molecule has 2 heterocycles. The minimum absolute atomic E-state index is 0.259. The van der Waals surface area contributed by atoms with E-state index in [0.717, 1.165) is 43.6 Å². The SMILES string of the molecule is CNc1cc(N2CCNCC(C)(C)C2)nc(C)n1. The Balaban J connectivity index is 2.26. The van der Waals surface area contributed by atoms with Crippen LogP contribution in [-0.2, 0) is 0 Å². The van der Waals surface area contributed by atoms with E-state index in [9.17, 15) is 0 Å².